The lowest BCUT2D eigenvalue weighted by Gasteiger charge is -2.06. The van der Waals surface area contributed by atoms with Gasteiger partial charge in [0.2, 0.25) is 0 Å². The van der Waals surface area contributed by atoms with Crippen molar-refractivity contribution in [3.63, 3.8) is 0 Å². The fourth-order valence-electron chi connectivity index (χ4n) is 2.39. The maximum absolute atomic E-state index is 5.90. The molecule has 2 aromatic carbocycles. The normalized spacial score (nSPS) is 14.5. The lowest BCUT2D eigenvalue weighted by atomic mass is 10.1. The maximum Gasteiger partial charge on any atom is 0.135 e. The van der Waals surface area contributed by atoms with Crippen molar-refractivity contribution in [2.75, 3.05) is 5.73 Å². The average Bonchev–Trinajstić information content (AvgIpc) is 3.31. The molecular weight excluding hydrogens is 278 g/mol. The molecule has 1 aliphatic rings. The molecule has 1 aromatic heterocycles. The maximum atomic E-state index is 5.90. The Morgan fingerprint density at radius 1 is 0.952 bits per heavy atom. The summed E-state index contributed by atoms with van der Waals surface area (Å²) in [5.74, 6) is 1.98. The van der Waals surface area contributed by atoms with Crippen molar-refractivity contribution in [3.8, 4) is 0 Å². The van der Waals surface area contributed by atoms with Crippen LogP contribution in [0, 0.1) is 0 Å². The Morgan fingerprint density at radius 3 is 2.57 bits per heavy atom. The van der Waals surface area contributed by atoms with E-state index in [2.05, 4.69) is 52.4 Å². The zero-order valence-electron chi connectivity index (χ0n) is 11.5. The van der Waals surface area contributed by atoms with Gasteiger partial charge in [0.05, 0.1) is 0 Å². The number of rotatable bonds is 3. The second-order valence-corrected chi connectivity index (χ2v) is 6.47. The van der Waals surface area contributed by atoms with Crippen molar-refractivity contribution in [1.29, 1.82) is 0 Å². The van der Waals surface area contributed by atoms with Gasteiger partial charge in [-0.2, -0.15) is 0 Å². The van der Waals surface area contributed by atoms with Crippen LogP contribution in [-0.2, 0) is 0 Å². The van der Waals surface area contributed by atoms with Crippen LogP contribution in [-0.4, -0.2) is 9.97 Å². The third-order valence-electron chi connectivity index (χ3n) is 3.63. The van der Waals surface area contributed by atoms with Crippen molar-refractivity contribution in [1.82, 2.24) is 9.97 Å². The highest BCUT2D eigenvalue weighted by atomic mass is 32.2. The van der Waals surface area contributed by atoms with Gasteiger partial charge in [-0.1, -0.05) is 42.1 Å². The molecular formula is C17H15N3S. The number of nitrogens with two attached hydrogens (primary N) is 1. The first kappa shape index (κ1) is 12.7. The molecule has 0 aliphatic heterocycles. The summed E-state index contributed by atoms with van der Waals surface area (Å²) in [6.07, 6.45) is 2.37. The van der Waals surface area contributed by atoms with Gasteiger partial charge in [0.25, 0.3) is 0 Å². The van der Waals surface area contributed by atoms with Gasteiger partial charge >= 0.3 is 0 Å². The second-order valence-electron chi connectivity index (χ2n) is 5.37. The van der Waals surface area contributed by atoms with Gasteiger partial charge in [0.1, 0.15) is 16.7 Å². The lowest BCUT2D eigenvalue weighted by Crippen LogP contribution is -1.99. The van der Waals surface area contributed by atoms with Gasteiger partial charge in [-0.25, -0.2) is 9.97 Å². The number of hydrogen-bond acceptors (Lipinski definition) is 4. The monoisotopic (exact) mass is 293 g/mol. The standard InChI is InChI=1S/C17H15N3S/c18-15-10-16(20-17(19-15)12-5-6-12)21-14-8-7-11-3-1-2-4-13(11)9-14/h1-4,7-10,12H,5-6H2,(H2,18,19,20). The minimum atomic E-state index is 0.518. The van der Waals surface area contributed by atoms with E-state index in [0.717, 1.165) is 10.9 Å². The summed E-state index contributed by atoms with van der Waals surface area (Å²) < 4.78 is 0. The molecule has 3 nitrogen and oxygen atoms in total. The fourth-order valence-corrected chi connectivity index (χ4v) is 3.27. The zero-order valence-corrected chi connectivity index (χ0v) is 12.3. The van der Waals surface area contributed by atoms with Crippen LogP contribution < -0.4 is 5.73 Å². The summed E-state index contributed by atoms with van der Waals surface area (Å²) in [7, 11) is 0. The highest BCUT2D eigenvalue weighted by Crippen LogP contribution is 2.39. The van der Waals surface area contributed by atoms with Crippen LogP contribution in [0.3, 0.4) is 0 Å². The number of nitrogens with zero attached hydrogens (tertiary/aromatic N) is 2. The first-order valence-electron chi connectivity index (χ1n) is 7.09. The molecule has 104 valence electrons. The van der Waals surface area contributed by atoms with Crippen molar-refractivity contribution in [2.24, 2.45) is 0 Å². The Morgan fingerprint density at radius 2 is 1.76 bits per heavy atom. The van der Waals surface area contributed by atoms with E-state index >= 15 is 0 Å². The fraction of sp³-hybridized carbons (Fsp3) is 0.176. The summed E-state index contributed by atoms with van der Waals surface area (Å²) in [5, 5.41) is 3.43. The molecule has 4 heteroatoms. The molecule has 3 aromatic rings. The van der Waals surface area contributed by atoms with Crippen LogP contribution in [0.4, 0.5) is 5.82 Å². The molecule has 21 heavy (non-hydrogen) atoms. The van der Waals surface area contributed by atoms with Crippen LogP contribution in [0.5, 0.6) is 0 Å². The zero-order chi connectivity index (χ0) is 14.2. The van der Waals surface area contributed by atoms with E-state index < -0.39 is 0 Å². The van der Waals surface area contributed by atoms with E-state index in [1.54, 1.807) is 11.8 Å². The van der Waals surface area contributed by atoms with E-state index in [9.17, 15) is 0 Å². The second kappa shape index (κ2) is 5.04. The predicted octanol–water partition coefficient (Wildman–Crippen LogP) is 4.24. The molecule has 0 unspecified atom stereocenters. The molecule has 0 bridgehead atoms. The van der Waals surface area contributed by atoms with Crippen LogP contribution in [0.15, 0.2) is 58.5 Å². The minimum absolute atomic E-state index is 0.518. The van der Waals surface area contributed by atoms with Crippen molar-refractivity contribution in [2.45, 2.75) is 28.7 Å². The smallest absolute Gasteiger partial charge is 0.135 e. The number of benzene rings is 2. The number of anilines is 1. The number of fused-ring (bicyclic) bond motifs is 1. The molecule has 1 saturated carbocycles. The van der Waals surface area contributed by atoms with Crippen LogP contribution in [0.1, 0.15) is 24.6 Å². The van der Waals surface area contributed by atoms with Gasteiger partial charge in [0.15, 0.2) is 0 Å². The quantitative estimate of drug-likeness (QED) is 0.734. The van der Waals surface area contributed by atoms with E-state index in [1.807, 2.05) is 6.07 Å². The first-order valence-corrected chi connectivity index (χ1v) is 7.91. The topological polar surface area (TPSA) is 51.8 Å². The third-order valence-corrected chi connectivity index (χ3v) is 4.53. The predicted molar refractivity (Wildman–Crippen MR) is 86.5 cm³/mol. The van der Waals surface area contributed by atoms with Crippen LogP contribution in [0.2, 0.25) is 0 Å². The Hall–Kier alpha value is -2.07. The summed E-state index contributed by atoms with van der Waals surface area (Å²) in [6.45, 7) is 0. The molecule has 0 radical (unpaired) electrons. The van der Waals surface area contributed by atoms with E-state index in [4.69, 9.17) is 5.73 Å². The highest BCUT2D eigenvalue weighted by Gasteiger charge is 2.27. The van der Waals surface area contributed by atoms with Crippen molar-refractivity contribution < 1.29 is 0 Å². The summed E-state index contributed by atoms with van der Waals surface area (Å²) in [5.41, 5.74) is 5.90. The summed E-state index contributed by atoms with van der Waals surface area (Å²) >= 11 is 1.64. The molecule has 0 atom stereocenters. The Balaban J connectivity index is 1.67. The van der Waals surface area contributed by atoms with Gasteiger partial charge in [-0.05, 0) is 35.7 Å². The van der Waals surface area contributed by atoms with E-state index in [1.165, 1.54) is 28.5 Å². The van der Waals surface area contributed by atoms with Gasteiger partial charge < -0.3 is 5.73 Å². The Kier molecular flexibility index (Phi) is 3.04. The largest absolute Gasteiger partial charge is 0.384 e. The molecule has 0 saturated heterocycles. The highest BCUT2D eigenvalue weighted by molar-refractivity contribution is 7.99. The van der Waals surface area contributed by atoms with Crippen LogP contribution >= 0.6 is 11.8 Å². The molecule has 1 aliphatic carbocycles. The van der Waals surface area contributed by atoms with Gasteiger partial charge in [0, 0.05) is 16.9 Å². The third kappa shape index (κ3) is 2.72. The Bertz CT molecular complexity index is 812. The van der Waals surface area contributed by atoms with E-state index in [-0.39, 0.29) is 0 Å². The molecule has 2 N–H and O–H groups in total. The minimum Gasteiger partial charge on any atom is -0.384 e. The Labute approximate surface area is 127 Å². The SMILES string of the molecule is Nc1cc(Sc2ccc3ccccc3c2)nc(C2CC2)n1. The van der Waals surface area contributed by atoms with Crippen molar-refractivity contribution in [3.05, 3.63) is 54.4 Å². The summed E-state index contributed by atoms with van der Waals surface area (Å²) in [4.78, 5) is 10.2. The molecule has 1 fully saturated rings. The summed E-state index contributed by atoms with van der Waals surface area (Å²) in [6, 6.07) is 16.7. The average molecular weight is 293 g/mol. The molecule has 1 heterocycles. The van der Waals surface area contributed by atoms with Crippen LogP contribution in [0.25, 0.3) is 10.8 Å². The molecule has 0 amide bonds. The molecule has 0 spiro atoms. The molecule has 4 rings (SSSR count). The first-order chi connectivity index (χ1) is 10.3. The number of nitrogen functional groups attached to an aromatic ring is 1. The number of aromatic nitrogens is 2. The number of hydrogen-bond donors (Lipinski definition) is 1. The van der Waals surface area contributed by atoms with Gasteiger partial charge in [-0.15, -0.1) is 0 Å². The van der Waals surface area contributed by atoms with Crippen molar-refractivity contribution >= 4 is 28.4 Å². The van der Waals surface area contributed by atoms with Gasteiger partial charge in [-0.3, -0.25) is 0 Å². The van der Waals surface area contributed by atoms with E-state index in [0.29, 0.717) is 11.7 Å². The lowest BCUT2D eigenvalue weighted by molar-refractivity contribution is 0.884.